The number of hydrogen-bond acceptors (Lipinski definition) is 3. The maximum Gasteiger partial charge on any atom is 2.00 e. The molecule has 5 heteroatoms. The zero-order valence-corrected chi connectivity index (χ0v) is 27.3. The summed E-state index contributed by atoms with van der Waals surface area (Å²) in [6, 6.07) is 55.4. The summed E-state index contributed by atoms with van der Waals surface area (Å²) in [6.45, 7) is 0. The van der Waals surface area contributed by atoms with Crippen molar-refractivity contribution in [2.45, 2.75) is 11.8 Å². The van der Waals surface area contributed by atoms with Crippen molar-refractivity contribution in [2.24, 2.45) is 0 Å². The van der Waals surface area contributed by atoms with Gasteiger partial charge in [-0.15, -0.1) is 53.1 Å². The van der Waals surface area contributed by atoms with Crippen LogP contribution in [-0.2, 0) is 21.1 Å². The molecule has 0 N–H and O–H groups in total. The quantitative estimate of drug-likeness (QED) is 0.167. The molecule has 3 aliphatic rings. The number of rotatable bonds is 4. The summed E-state index contributed by atoms with van der Waals surface area (Å²) in [5, 5.41) is 2.20. The molecule has 3 aliphatic carbocycles. The molecule has 0 unspecified atom stereocenters. The van der Waals surface area contributed by atoms with E-state index in [0.29, 0.717) is 11.8 Å². The maximum atomic E-state index is 6.28. The summed E-state index contributed by atoms with van der Waals surface area (Å²) >= 11 is 0. The monoisotopic (exact) mass is 782 g/mol. The van der Waals surface area contributed by atoms with E-state index in [1.165, 1.54) is 33.4 Å². The first-order valence-corrected chi connectivity index (χ1v) is 15.6. The molecule has 0 amide bonds. The van der Waals surface area contributed by atoms with E-state index in [9.17, 15) is 0 Å². The van der Waals surface area contributed by atoms with E-state index in [1.54, 1.807) is 0 Å². The third kappa shape index (κ3) is 4.25. The number of fused-ring (bicyclic) bond motifs is 3. The number of nitrogens with zero attached hydrogens (tertiary/aromatic N) is 3. The molecule has 2 bridgehead atoms. The summed E-state index contributed by atoms with van der Waals surface area (Å²) in [6.07, 6.45) is 0. The molecular weight excluding hydrogens is 758 g/mol. The Kier molecular flexibility index (Phi) is 6.48. The minimum atomic E-state index is 0. The molecule has 0 fully saturated rings. The molecule has 0 spiro atoms. The molecule has 0 radical (unpaired) electrons. The Bertz CT molecular complexity index is 2440. The van der Waals surface area contributed by atoms with Gasteiger partial charge in [0.05, 0.1) is 5.52 Å². The van der Waals surface area contributed by atoms with Gasteiger partial charge in [0, 0.05) is 22.8 Å². The van der Waals surface area contributed by atoms with Crippen molar-refractivity contribution >= 4 is 21.9 Å². The first kappa shape index (κ1) is 28.0. The smallest absolute Gasteiger partial charge is 0.421 e. The van der Waals surface area contributed by atoms with Gasteiger partial charge in [0.25, 0.3) is 0 Å². The van der Waals surface area contributed by atoms with Gasteiger partial charge < -0.3 is 9.30 Å². The van der Waals surface area contributed by atoms with Crippen LogP contribution in [0.5, 0.6) is 11.8 Å². The van der Waals surface area contributed by atoms with Crippen molar-refractivity contribution in [3.63, 3.8) is 0 Å². The molecule has 0 saturated carbocycles. The molecule has 0 aliphatic heterocycles. The third-order valence-corrected chi connectivity index (χ3v) is 9.51. The van der Waals surface area contributed by atoms with Crippen LogP contribution in [0, 0.1) is 12.1 Å². The van der Waals surface area contributed by atoms with Crippen LogP contribution in [-0.4, -0.2) is 14.5 Å². The van der Waals surface area contributed by atoms with Crippen LogP contribution >= 0.6 is 0 Å². The Hall–Kier alpha value is -5.31. The molecule has 4 nitrogen and oxygen atoms in total. The fourth-order valence-corrected chi connectivity index (χ4v) is 7.62. The molecule has 3 aromatic heterocycles. The molecule has 11 rings (SSSR count). The van der Waals surface area contributed by atoms with Crippen molar-refractivity contribution in [1.29, 1.82) is 0 Å². The zero-order chi connectivity index (χ0) is 30.2. The summed E-state index contributed by atoms with van der Waals surface area (Å²) in [7, 11) is 0. The fourth-order valence-electron chi connectivity index (χ4n) is 7.62. The summed E-state index contributed by atoms with van der Waals surface area (Å²) < 4.78 is 8.51. The van der Waals surface area contributed by atoms with Gasteiger partial charge in [0.1, 0.15) is 5.65 Å². The van der Waals surface area contributed by atoms with Gasteiger partial charge in [-0.25, -0.2) is 0 Å². The molecule has 224 valence electrons. The molecule has 3 heterocycles. The number of pyridine rings is 2. The van der Waals surface area contributed by atoms with Gasteiger partial charge in [-0.2, -0.15) is 17.1 Å². The van der Waals surface area contributed by atoms with Crippen LogP contribution in [0.25, 0.3) is 38.9 Å². The van der Waals surface area contributed by atoms with Gasteiger partial charge >= 0.3 is 21.1 Å². The predicted octanol–water partition coefficient (Wildman–Crippen LogP) is 9.62. The summed E-state index contributed by atoms with van der Waals surface area (Å²) in [5.74, 6) is 1.36. The largest absolute Gasteiger partial charge is 2.00 e. The molecule has 47 heavy (non-hydrogen) atoms. The zero-order valence-electron chi connectivity index (χ0n) is 25.0. The number of ether oxygens (including phenoxy) is 1. The van der Waals surface area contributed by atoms with E-state index < -0.39 is 0 Å². The molecular formula is C42H25N3OPt. The molecule has 8 aromatic rings. The van der Waals surface area contributed by atoms with Crippen LogP contribution < -0.4 is 4.74 Å². The van der Waals surface area contributed by atoms with Crippen molar-refractivity contribution in [3.8, 4) is 28.7 Å². The average Bonchev–Trinajstić information content (AvgIpc) is 3.45. The van der Waals surface area contributed by atoms with Gasteiger partial charge in [-0.3, -0.25) is 4.98 Å². The van der Waals surface area contributed by atoms with Crippen molar-refractivity contribution in [3.05, 3.63) is 185 Å². The van der Waals surface area contributed by atoms with Gasteiger partial charge in [0.15, 0.2) is 0 Å². The fraction of sp³-hybridized carbons (Fsp3) is 0.0476. The maximum absolute atomic E-state index is 6.28. The van der Waals surface area contributed by atoms with Crippen LogP contribution in [0.4, 0.5) is 0 Å². The third-order valence-electron chi connectivity index (χ3n) is 9.51. The van der Waals surface area contributed by atoms with Gasteiger partial charge in [-0.1, -0.05) is 84.6 Å². The number of para-hydroxylation sites is 1. The standard InChI is InChI=1S/C42H25N3O.Pt/c1-2-11-26(12-3-1)36-18-10-20-38(43-36)46-39-24-23-34-28-13-8-9-19-37(28)45(42(34)44-39)27-21-22-33-35(25-27)41-31-16-6-4-14-29(31)40(33)30-15-5-7-17-32(30)41;/h1-11,13-20,22-25,40-41H;/q-2;+2. The Balaban J connectivity index is 0.00000302. The second-order valence-corrected chi connectivity index (χ2v) is 12.0. The SMILES string of the molecule is [Pt+2].[c-]1ccccc1-c1cccc(Oc2ccc3c4ccccc4n(-c4[c-]cc5c(c4)C4c6ccccc6C5c5ccccc54)c3n2)n1. The minimum Gasteiger partial charge on any atom is -0.421 e. The van der Waals surface area contributed by atoms with Gasteiger partial charge in [0.2, 0.25) is 11.8 Å². The van der Waals surface area contributed by atoms with Crippen molar-refractivity contribution in [2.75, 3.05) is 0 Å². The number of aromatic nitrogens is 3. The second kappa shape index (κ2) is 10.9. The van der Waals surface area contributed by atoms with E-state index in [-0.39, 0.29) is 32.9 Å². The predicted molar refractivity (Wildman–Crippen MR) is 181 cm³/mol. The van der Waals surface area contributed by atoms with Crippen LogP contribution in [0.15, 0.2) is 140 Å². The van der Waals surface area contributed by atoms with Crippen molar-refractivity contribution in [1.82, 2.24) is 14.5 Å². The normalized spacial score (nSPS) is 15.5. The van der Waals surface area contributed by atoms with Crippen molar-refractivity contribution < 1.29 is 25.8 Å². The number of hydrogen-bond donors (Lipinski definition) is 0. The Labute approximate surface area is 286 Å². The Morgan fingerprint density at radius 3 is 1.98 bits per heavy atom. The van der Waals surface area contributed by atoms with E-state index in [2.05, 4.69) is 108 Å². The molecule has 0 atom stereocenters. The Morgan fingerprint density at radius 2 is 1.23 bits per heavy atom. The average molecular weight is 783 g/mol. The molecule has 0 saturated heterocycles. The first-order valence-electron chi connectivity index (χ1n) is 15.6. The van der Waals surface area contributed by atoms with E-state index >= 15 is 0 Å². The number of benzene rings is 5. The van der Waals surface area contributed by atoms with Crippen LogP contribution in [0.3, 0.4) is 0 Å². The van der Waals surface area contributed by atoms with Gasteiger partial charge in [-0.05, 0) is 52.1 Å². The second-order valence-electron chi connectivity index (χ2n) is 12.0. The molecule has 5 aromatic carbocycles. The Morgan fingerprint density at radius 1 is 0.553 bits per heavy atom. The summed E-state index contributed by atoms with van der Waals surface area (Å²) in [5.41, 5.74) is 12.9. The first-order chi connectivity index (χ1) is 22.8. The summed E-state index contributed by atoms with van der Waals surface area (Å²) in [4.78, 5) is 9.83. The van der Waals surface area contributed by atoms with E-state index in [1.807, 2.05) is 48.5 Å². The topological polar surface area (TPSA) is 39.9 Å². The van der Waals surface area contributed by atoms with E-state index in [4.69, 9.17) is 14.7 Å². The van der Waals surface area contributed by atoms with E-state index in [0.717, 1.165) is 38.9 Å². The van der Waals surface area contributed by atoms with Crippen LogP contribution in [0.2, 0.25) is 0 Å². The minimum absolute atomic E-state index is 0. The van der Waals surface area contributed by atoms with Crippen LogP contribution in [0.1, 0.15) is 45.2 Å².